The lowest BCUT2D eigenvalue weighted by Crippen LogP contribution is -2.09. The van der Waals surface area contributed by atoms with Gasteiger partial charge in [0.25, 0.3) is 0 Å². The summed E-state index contributed by atoms with van der Waals surface area (Å²) in [4.78, 5) is 34.7. The highest BCUT2D eigenvalue weighted by atomic mass is 32.1. The van der Waals surface area contributed by atoms with Crippen molar-refractivity contribution in [2.75, 3.05) is 6.61 Å². The van der Waals surface area contributed by atoms with Gasteiger partial charge in [-0.3, -0.25) is 10.1 Å². The van der Waals surface area contributed by atoms with Gasteiger partial charge in [-0.15, -0.1) is 11.3 Å². The summed E-state index contributed by atoms with van der Waals surface area (Å²) >= 11 is 1.72. The molecule has 0 fully saturated rings. The predicted octanol–water partition coefficient (Wildman–Crippen LogP) is 4.54. The topological polar surface area (TPSA) is 95.7 Å². The highest BCUT2D eigenvalue weighted by Crippen LogP contribution is 2.34. The number of ether oxygens (including phenoxy) is 2. The van der Waals surface area contributed by atoms with Gasteiger partial charge in [-0.05, 0) is 25.1 Å². The van der Waals surface area contributed by atoms with E-state index in [4.69, 9.17) is 9.47 Å². The lowest BCUT2D eigenvalue weighted by molar-refractivity contribution is -0.380. The van der Waals surface area contributed by atoms with Crippen LogP contribution in [0.15, 0.2) is 30.3 Å². The van der Waals surface area contributed by atoms with Crippen LogP contribution < -0.4 is 0 Å². The Morgan fingerprint density at radius 2 is 1.93 bits per heavy atom. The number of rotatable bonds is 6. The van der Waals surface area contributed by atoms with Crippen LogP contribution in [0, 0.1) is 15.9 Å². The molecular weight excluding hydrogens is 397 g/mol. The highest BCUT2D eigenvalue weighted by molar-refractivity contribution is 7.21. The summed E-state index contributed by atoms with van der Waals surface area (Å²) in [5, 5.41) is 10.7. The molecule has 0 radical (unpaired) electrons. The number of nitrogens with zero attached hydrogens (tertiary/aromatic N) is 1. The van der Waals surface area contributed by atoms with E-state index in [2.05, 4.69) is 0 Å². The molecule has 7 nitrogen and oxygen atoms in total. The van der Waals surface area contributed by atoms with E-state index >= 15 is 0 Å². The number of nitro groups is 1. The largest absolute Gasteiger partial charge is 0.462 e. The average molecular weight is 409 g/mol. The number of halogens is 1. The standard InChI is InChI=1S/C17H12FNO6S2/c1-2-24-17(21)15-9(14-10(18)4-3-5-11(14)27-15)8-25-16(20)12-6-7-13(26-12)19(22)23/h3-7H,2,8H2,1H3. The van der Waals surface area contributed by atoms with Crippen LogP contribution >= 0.6 is 22.7 Å². The molecule has 3 aromatic rings. The molecule has 1 aromatic carbocycles. The molecule has 0 spiro atoms. The van der Waals surface area contributed by atoms with Crippen molar-refractivity contribution in [3.8, 4) is 0 Å². The summed E-state index contributed by atoms with van der Waals surface area (Å²) in [5.74, 6) is -1.97. The van der Waals surface area contributed by atoms with Gasteiger partial charge in [-0.1, -0.05) is 17.4 Å². The molecule has 10 heteroatoms. The molecular formula is C17H12FNO6S2. The maximum absolute atomic E-state index is 14.3. The quantitative estimate of drug-likeness (QED) is 0.337. The molecule has 2 heterocycles. The maximum Gasteiger partial charge on any atom is 0.348 e. The van der Waals surface area contributed by atoms with Crippen molar-refractivity contribution < 1.29 is 28.4 Å². The van der Waals surface area contributed by atoms with Crippen LogP contribution in [-0.4, -0.2) is 23.5 Å². The fourth-order valence-corrected chi connectivity index (χ4v) is 4.24. The number of carbonyl (C=O) groups is 2. The first-order valence-corrected chi connectivity index (χ1v) is 9.34. The Bertz CT molecular complexity index is 1040. The molecule has 3 rings (SSSR count). The molecule has 0 saturated carbocycles. The zero-order valence-corrected chi connectivity index (χ0v) is 15.5. The molecule has 0 atom stereocenters. The Labute approximate surface area is 160 Å². The molecule has 27 heavy (non-hydrogen) atoms. The van der Waals surface area contributed by atoms with Gasteiger partial charge in [0.2, 0.25) is 0 Å². The molecule has 2 aromatic heterocycles. The fourth-order valence-electron chi connectivity index (χ4n) is 2.41. The van der Waals surface area contributed by atoms with Crippen LogP contribution in [0.4, 0.5) is 9.39 Å². The summed E-state index contributed by atoms with van der Waals surface area (Å²) in [6.07, 6.45) is 0. The average Bonchev–Trinajstić information content (AvgIpc) is 3.26. The van der Waals surface area contributed by atoms with Gasteiger partial charge in [0.05, 0.1) is 11.5 Å². The molecule has 0 aliphatic rings. The van der Waals surface area contributed by atoms with E-state index < -0.39 is 22.7 Å². The summed E-state index contributed by atoms with van der Waals surface area (Å²) < 4.78 is 25.0. The van der Waals surface area contributed by atoms with Crippen molar-refractivity contribution in [3.63, 3.8) is 0 Å². The van der Waals surface area contributed by atoms with Crippen molar-refractivity contribution >= 4 is 49.7 Å². The van der Waals surface area contributed by atoms with Crippen molar-refractivity contribution in [3.05, 3.63) is 61.6 Å². The Morgan fingerprint density at radius 1 is 1.15 bits per heavy atom. The molecule has 0 aliphatic carbocycles. The zero-order valence-electron chi connectivity index (χ0n) is 13.9. The summed E-state index contributed by atoms with van der Waals surface area (Å²) in [7, 11) is 0. The maximum atomic E-state index is 14.3. The second kappa shape index (κ2) is 7.80. The van der Waals surface area contributed by atoms with Gasteiger partial charge in [-0.2, -0.15) is 0 Å². The van der Waals surface area contributed by atoms with Crippen LogP contribution in [0.5, 0.6) is 0 Å². The third kappa shape index (κ3) is 3.81. The van der Waals surface area contributed by atoms with Gasteiger partial charge in [0.15, 0.2) is 0 Å². The summed E-state index contributed by atoms with van der Waals surface area (Å²) in [5.41, 5.74) is 0.214. The Hall–Kier alpha value is -2.85. The number of fused-ring (bicyclic) bond motifs is 1. The van der Waals surface area contributed by atoms with Crippen molar-refractivity contribution in [1.29, 1.82) is 0 Å². The van der Waals surface area contributed by atoms with E-state index in [1.165, 1.54) is 24.3 Å². The van der Waals surface area contributed by atoms with Crippen molar-refractivity contribution in [2.45, 2.75) is 13.5 Å². The van der Waals surface area contributed by atoms with Crippen molar-refractivity contribution in [2.24, 2.45) is 0 Å². The van der Waals surface area contributed by atoms with Crippen LogP contribution in [0.3, 0.4) is 0 Å². The second-order valence-electron chi connectivity index (χ2n) is 5.21. The normalized spacial score (nSPS) is 10.7. The molecule has 0 saturated heterocycles. The fraction of sp³-hybridized carbons (Fsp3) is 0.176. The third-order valence-electron chi connectivity index (χ3n) is 3.54. The molecule has 0 unspecified atom stereocenters. The minimum Gasteiger partial charge on any atom is -0.462 e. The first kappa shape index (κ1) is 18.9. The van der Waals surface area contributed by atoms with Gasteiger partial charge in [0, 0.05) is 21.7 Å². The Balaban J connectivity index is 1.90. The smallest absolute Gasteiger partial charge is 0.348 e. The van der Waals surface area contributed by atoms with E-state index in [9.17, 15) is 24.1 Å². The lowest BCUT2D eigenvalue weighted by atomic mass is 10.1. The monoisotopic (exact) mass is 409 g/mol. The molecule has 0 aliphatic heterocycles. The molecule has 0 N–H and O–H groups in total. The van der Waals surface area contributed by atoms with E-state index in [0.717, 1.165) is 11.3 Å². The Morgan fingerprint density at radius 3 is 2.59 bits per heavy atom. The first-order valence-electron chi connectivity index (χ1n) is 7.70. The van der Waals surface area contributed by atoms with Crippen LogP contribution in [0.25, 0.3) is 10.1 Å². The first-order chi connectivity index (χ1) is 12.9. The predicted molar refractivity (Wildman–Crippen MR) is 97.8 cm³/mol. The summed E-state index contributed by atoms with van der Waals surface area (Å²) in [6, 6.07) is 6.90. The second-order valence-corrected chi connectivity index (χ2v) is 7.33. The van der Waals surface area contributed by atoms with Gasteiger partial charge in [0.1, 0.15) is 22.2 Å². The summed E-state index contributed by atoms with van der Waals surface area (Å²) in [6.45, 7) is 1.43. The highest BCUT2D eigenvalue weighted by Gasteiger charge is 2.24. The van der Waals surface area contributed by atoms with Crippen LogP contribution in [0.2, 0.25) is 0 Å². The number of hydrogen-bond acceptors (Lipinski definition) is 8. The minimum atomic E-state index is -0.793. The zero-order chi connectivity index (χ0) is 19.6. The molecule has 0 bridgehead atoms. The number of thiophene rings is 2. The number of hydrogen-bond donors (Lipinski definition) is 0. The number of esters is 2. The van der Waals surface area contributed by atoms with Crippen LogP contribution in [0.1, 0.15) is 31.8 Å². The molecule has 0 amide bonds. The van der Waals surface area contributed by atoms with Gasteiger partial charge < -0.3 is 9.47 Å². The number of carbonyl (C=O) groups excluding carboxylic acids is 2. The van der Waals surface area contributed by atoms with Gasteiger partial charge >= 0.3 is 16.9 Å². The molecule has 140 valence electrons. The number of benzene rings is 1. The SMILES string of the molecule is CCOC(=O)c1sc2cccc(F)c2c1COC(=O)c1ccc([N+](=O)[O-])s1. The van der Waals surface area contributed by atoms with Crippen molar-refractivity contribution in [1.82, 2.24) is 0 Å². The van der Waals surface area contributed by atoms with Gasteiger partial charge in [-0.25, -0.2) is 14.0 Å². The lowest BCUT2D eigenvalue weighted by Gasteiger charge is -2.06. The van der Waals surface area contributed by atoms with E-state index in [0.29, 0.717) is 16.0 Å². The Kier molecular flexibility index (Phi) is 5.47. The minimum absolute atomic E-state index is 0.0411. The van der Waals surface area contributed by atoms with Crippen LogP contribution in [-0.2, 0) is 16.1 Å². The van der Waals surface area contributed by atoms with E-state index in [-0.39, 0.29) is 38.9 Å². The van der Waals surface area contributed by atoms with E-state index in [1.807, 2.05) is 0 Å². The third-order valence-corrected chi connectivity index (χ3v) is 5.74. The van der Waals surface area contributed by atoms with E-state index in [1.54, 1.807) is 13.0 Å².